The van der Waals surface area contributed by atoms with E-state index in [1.165, 1.54) is 16.2 Å². The molecule has 0 fully saturated rings. The molecule has 1 N–H and O–H groups in total. The number of carbonyl (C=O) groups is 2. The second kappa shape index (κ2) is 6.68. The number of nitriles is 1. The average Bonchev–Trinajstić information content (AvgIpc) is 3.01. The molecule has 0 atom stereocenters. The third kappa shape index (κ3) is 3.68. The summed E-state index contributed by atoms with van der Waals surface area (Å²) in [5.41, 5.74) is 0.945. The molecule has 2 aromatic rings. The molecular weight excluding hydrogens is 288 g/mol. The van der Waals surface area contributed by atoms with E-state index in [1.54, 1.807) is 41.8 Å². The van der Waals surface area contributed by atoms with Crippen LogP contribution in [0.2, 0.25) is 0 Å². The van der Waals surface area contributed by atoms with Crippen molar-refractivity contribution in [1.29, 1.82) is 5.26 Å². The summed E-state index contributed by atoms with van der Waals surface area (Å²) in [6.45, 7) is 0.0565. The number of nitrogens with zero attached hydrogens (tertiary/aromatic N) is 2. The van der Waals surface area contributed by atoms with Crippen LogP contribution in [0.25, 0.3) is 0 Å². The van der Waals surface area contributed by atoms with Crippen molar-refractivity contribution in [1.82, 2.24) is 0 Å². The lowest BCUT2D eigenvalue weighted by Crippen LogP contribution is -2.32. The van der Waals surface area contributed by atoms with Crippen molar-refractivity contribution < 1.29 is 14.7 Å². The molecule has 1 amide bonds. The number of benzene rings is 1. The Bertz CT molecular complexity index is 689. The van der Waals surface area contributed by atoms with E-state index in [2.05, 4.69) is 0 Å². The zero-order chi connectivity index (χ0) is 15.2. The van der Waals surface area contributed by atoms with E-state index in [0.717, 1.165) is 0 Å². The van der Waals surface area contributed by atoms with Crippen molar-refractivity contribution in [3.8, 4) is 6.07 Å². The summed E-state index contributed by atoms with van der Waals surface area (Å²) in [7, 11) is 0. The minimum absolute atomic E-state index is 0.0565. The Balaban J connectivity index is 2.33. The Morgan fingerprint density at radius 1 is 1.29 bits per heavy atom. The van der Waals surface area contributed by atoms with Crippen molar-refractivity contribution in [3.05, 3.63) is 52.2 Å². The number of hydrogen-bond acceptors (Lipinski definition) is 4. The van der Waals surface area contributed by atoms with Gasteiger partial charge in [-0.2, -0.15) is 5.26 Å². The van der Waals surface area contributed by atoms with Gasteiger partial charge in [-0.1, -0.05) is 12.1 Å². The highest BCUT2D eigenvalue weighted by atomic mass is 32.1. The smallest absolute Gasteiger partial charge is 0.305 e. The fourth-order valence-electron chi connectivity index (χ4n) is 1.83. The fourth-order valence-corrected chi connectivity index (χ4v) is 2.50. The first kappa shape index (κ1) is 14.8. The summed E-state index contributed by atoms with van der Waals surface area (Å²) in [6, 6.07) is 12.0. The molecule has 0 saturated heterocycles. The zero-order valence-corrected chi connectivity index (χ0v) is 11.8. The van der Waals surface area contributed by atoms with Gasteiger partial charge in [-0.25, -0.2) is 0 Å². The number of carbonyl (C=O) groups excluding carboxylic acids is 1. The molecule has 0 unspecified atom stereocenters. The molecule has 1 heterocycles. The molecule has 6 heteroatoms. The lowest BCUT2D eigenvalue weighted by molar-refractivity contribution is -0.136. The Morgan fingerprint density at radius 2 is 2.10 bits per heavy atom. The zero-order valence-electron chi connectivity index (χ0n) is 11.0. The van der Waals surface area contributed by atoms with Crippen LogP contribution in [-0.2, 0) is 4.79 Å². The fraction of sp³-hybridized carbons (Fsp3) is 0.133. The van der Waals surface area contributed by atoms with Crippen LogP contribution in [0.15, 0.2) is 41.8 Å². The second-order valence-corrected chi connectivity index (χ2v) is 5.19. The number of carboxylic acids is 1. The van der Waals surface area contributed by atoms with Crippen LogP contribution in [0.1, 0.15) is 21.7 Å². The molecule has 0 spiro atoms. The molecule has 0 aliphatic heterocycles. The number of rotatable bonds is 5. The summed E-state index contributed by atoms with van der Waals surface area (Å²) in [4.78, 5) is 25.2. The minimum atomic E-state index is -0.976. The van der Waals surface area contributed by atoms with E-state index in [-0.39, 0.29) is 18.9 Å². The first-order valence-corrected chi connectivity index (χ1v) is 7.07. The minimum Gasteiger partial charge on any atom is -0.481 e. The summed E-state index contributed by atoms with van der Waals surface area (Å²) in [5.74, 6) is -1.24. The number of thiophene rings is 1. The second-order valence-electron chi connectivity index (χ2n) is 4.24. The maximum atomic E-state index is 12.5. The van der Waals surface area contributed by atoms with Crippen LogP contribution in [0.4, 0.5) is 5.69 Å². The predicted molar refractivity (Wildman–Crippen MR) is 79.4 cm³/mol. The van der Waals surface area contributed by atoms with Gasteiger partial charge in [0, 0.05) is 12.2 Å². The Hall–Kier alpha value is -2.65. The van der Waals surface area contributed by atoms with Gasteiger partial charge in [0.1, 0.15) is 0 Å². The Labute approximate surface area is 125 Å². The van der Waals surface area contributed by atoms with Crippen LogP contribution in [0.5, 0.6) is 0 Å². The molecule has 0 saturated carbocycles. The number of aliphatic carboxylic acids is 1. The van der Waals surface area contributed by atoms with E-state index in [1.807, 2.05) is 6.07 Å². The topological polar surface area (TPSA) is 81.4 Å². The van der Waals surface area contributed by atoms with Gasteiger partial charge in [0.15, 0.2) is 0 Å². The molecule has 106 valence electrons. The molecule has 5 nitrogen and oxygen atoms in total. The Morgan fingerprint density at radius 3 is 2.71 bits per heavy atom. The summed E-state index contributed by atoms with van der Waals surface area (Å²) in [6.07, 6.45) is -0.159. The lowest BCUT2D eigenvalue weighted by Gasteiger charge is -2.21. The van der Waals surface area contributed by atoms with Gasteiger partial charge in [-0.3, -0.25) is 9.59 Å². The number of amides is 1. The van der Waals surface area contributed by atoms with Gasteiger partial charge in [0.2, 0.25) is 0 Å². The van der Waals surface area contributed by atoms with Gasteiger partial charge < -0.3 is 10.0 Å². The first-order valence-electron chi connectivity index (χ1n) is 6.19. The van der Waals surface area contributed by atoms with E-state index in [0.29, 0.717) is 16.1 Å². The van der Waals surface area contributed by atoms with Crippen LogP contribution in [0, 0.1) is 11.3 Å². The summed E-state index contributed by atoms with van der Waals surface area (Å²) < 4.78 is 0. The van der Waals surface area contributed by atoms with Crippen molar-refractivity contribution >= 4 is 28.9 Å². The third-order valence-electron chi connectivity index (χ3n) is 2.81. The standard InChI is InChI=1S/C15H12N2O3S/c16-10-11-3-1-4-12(9-11)17(7-6-14(18)19)15(20)13-5-2-8-21-13/h1-5,8-9H,6-7H2,(H,18,19). The number of hydrogen-bond donors (Lipinski definition) is 1. The highest BCUT2D eigenvalue weighted by molar-refractivity contribution is 7.12. The van der Waals surface area contributed by atoms with E-state index in [4.69, 9.17) is 10.4 Å². The SMILES string of the molecule is N#Cc1cccc(N(CCC(=O)O)C(=O)c2cccs2)c1. The maximum Gasteiger partial charge on any atom is 0.305 e. The quantitative estimate of drug-likeness (QED) is 0.920. The van der Waals surface area contributed by atoms with Crippen molar-refractivity contribution in [2.24, 2.45) is 0 Å². The van der Waals surface area contributed by atoms with Crippen LogP contribution < -0.4 is 4.90 Å². The molecule has 1 aromatic carbocycles. The van der Waals surface area contributed by atoms with Gasteiger partial charge in [0.05, 0.1) is 22.9 Å². The van der Waals surface area contributed by atoms with Crippen LogP contribution in [0.3, 0.4) is 0 Å². The van der Waals surface area contributed by atoms with E-state index < -0.39 is 5.97 Å². The third-order valence-corrected chi connectivity index (χ3v) is 3.67. The molecule has 0 aliphatic carbocycles. The largest absolute Gasteiger partial charge is 0.481 e. The molecule has 1 aromatic heterocycles. The van der Waals surface area contributed by atoms with Gasteiger partial charge >= 0.3 is 5.97 Å². The van der Waals surface area contributed by atoms with Crippen LogP contribution >= 0.6 is 11.3 Å². The number of anilines is 1. The van der Waals surface area contributed by atoms with Crippen molar-refractivity contribution in [3.63, 3.8) is 0 Å². The van der Waals surface area contributed by atoms with E-state index >= 15 is 0 Å². The van der Waals surface area contributed by atoms with Crippen LogP contribution in [-0.4, -0.2) is 23.5 Å². The lowest BCUT2D eigenvalue weighted by atomic mass is 10.2. The molecular formula is C15H12N2O3S. The van der Waals surface area contributed by atoms with Gasteiger partial charge in [-0.15, -0.1) is 11.3 Å². The maximum absolute atomic E-state index is 12.5. The molecule has 0 bridgehead atoms. The summed E-state index contributed by atoms with van der Waals surface area (Å²) in [5, 5.41) is 19.6. The van der Waals surface area contributed by atoms with Gasteiger partial charge in [0.25, 0.3) is 5.91 Å². The number of carboxylic acid groups (broad SMARTS) is 1. The average molecular weight is 300 g/mol. The first-order chi connectivity index (χ1) is 10.1. The molecule has 2 rings (SSSR count). The monoisotopic (exact) mass is 300 g/mol. The highest BCUT2D eigenvalue weighted by Gasteiger charge is 2.19. The van der Waals surface area contributed by atoms with Gasteiger partial charge in [-0.05, 0) is 29.6 Å². The predicted octanol–water partition coefficient (Wildman–Crippen LogP) is 2.74. The normalized spacial score (nSPS) is 9.86. The van der Waals surface area contributed by atoms with Crippen molar-refractivity contribution in [2.75, 3.05) is 11.4 Å². The van der Waals surface area contributed by atoms with Crippen molar-refractivity contribution in [2.45, 2.75) is 6.42 Å². The summed E-state index contributed by atoms with van der Waals surface area (Å²) >= 11 is 1.29. The molecule has 0 radical (unpaired) electrons. The molecule has 21 heavy (non-hydrogen) atoms. The molecule has 0 aliphatic rings. The highest BCUT2D eigenvalue weighted by Crippen LogP contribution is 2.21. The Kier molecular flexibility index (Phi) is 4.69. The van der Waals surface area contributed by atoms with E-state index in [9.17, 15) is 9.59 Å².